The van der Waals surface area contributed by atoms with Gasteiger partial charge in [-0.1, -0.05) is 35.8 Å². The van der Waals surface area contributed by atoms with Crippen LogP contribution in [0.1, 0.15) is 38.5 Å². The summed E-state index contributed by atoms with van der Waals surface area (Å²) >= 11 is 0. The first-order valence-electron chi connectivity index (χ1n) is 5.52. The van der Waals surface area contributed by atoms with Crippen LogP contribution < -0.4 is 0 Å². The molecular formula is C13H16. The molecular weight excluding hydrogens is 156 g/mol. The molecule has 0 heterocycles. The molecule has 0 N–H and O–H groups in total. The zero-order valence-corrected chi connectivity index (χ0v) is 8.05. The van der Waals surface area contributed by atoms with E-state index in [4.69, 9.17) is 0 Å². The number of hydrogen-bond donors (Lipinski definition) is 0. The summed E-state index contributed by atoms with van der Waals surface area (Å²) in [7, 11) is 0. The molecule has 3 rings (SSSR count). The van der Waals surface area contributed by atoms with E-state index < -0.39 is 0 Å². The second-order valence-electron chi connectivity index (χ2n) is 4.44. The molecule has 3 aliphatic carbocycles. The summed E-state index contributed by atoms with van der Waals surface area (Å²) in [6, 6.07) is 0. The second-order valence-corrected chi connectivity index (χ2v) is 4.44. The van der Waals surface area contributed by atoms with E-state index in [9.17, 15) is 0 Å². The van der Waals surface area contributed by atoms with Crippen molar-refractivity contribution < 1.29 is 0 Å². The molecule has 0 spiro atoms. The summed E-state index contributed by atoms with van der Waals surface area (Å²) in [5.74, 6) is 0.854. The van der Waals surface area contributed by atoms with Crippen molar-refractivity contribution in [2.75, 3.05) is 0 Å². The average Bonchev–Trinajstić information content (AvgIpc) is 2.65. The lowest BCUT2D eigenvalue weighted by molar-refractivity contribution is 0.488. The van der Waals surface area contributed by atoms with E-state index in [1.807, 2.05) is 0 Å². The van der Waals surface area contributed by atoms with Gasteiger partial charge in [0.25, 0.3) is 0 Å². The normalized spacial score (nSPS) is 31.4. The van der Waals surface area contributed by atoms with Crippen LogP contribution in [0.25, 0.3) is 0 Å². The first-order chi connectivity index (χ1) is 6.45. The van der Waals surface area contributed by atoms with Crippen LogP contribution in [0.3, 0.4) is 0 Å². The highest BCUT2D eigenvalue weighted by atomic mass is 14.3. The van der Waals surface area contributed by atoms with Gasteiger partial charge in [0.05, 0.1) is 0 Å². The third-order valence-corrected chi connectivity index (χ3v) is 3.73. The fraction of sp³-hybridized carbons (Fsp3) is 0.538. The van der Waals surface area contributed by atoms with E-state index in [1.165, 1.54) is 38.5 Å². The van der Waals surface area contributed by atoms with Crippen molar-refractivity contribution in [3.05, 3.63) is 34.9 Å². The lowest BCUT2D eigenvalue weighted by Crippen LogP contribution is -2.15. The molecule has 1 saturated carbocycles. The van der Waals surface area contributed by atoms with Gasteiger partial charge in [-0.15, -0.1) is 0 Å². The lowest BCUT2D eigenvalue weighted by atomic mass is 9.74. The monoisotopic (exact) mass is 172 g/mol. The first-order valence-corrected chi connectivity index (χ1v) is 5.52. The van der Waals surface area contributed by atoms with E-state index in [0.29, 0.717) is 0 Å². The fourth-order valence-electron chi connectivity index (χ4n) is 3.05. The van der Waals surface area contributed by atoms with Gasteiger partial charge in [-0.25, -0.2) is 0 Å². The highest BCUT2D eigenvalue weighted by Crippen LogP contribution is 2.43. The zero-order valence-electron chi connectivity index (χ0n) is 8.05. The molecule has 0 saturated heterocycles. The molecule has 1 atom stereocenters. The molecule has 68 valence electrons. The molecule has 0 aromatic carbocycles. The molecule has 0 radical (unpaired) electrons. The molecule has 0 heteroatoms. The van der Waals surface area contributed by atoms with Crippen molar-refractivity contribution in [1.82, 2.24) is 0 Å². The Balaban J connectivity index is 1.94. The second kappa shape index (κ2) is 2.87. The summed E-state index contributed by atoms with van der Waals surface area (Å²) in [5, 5.41) is 0. The van der Waals surface area contributed by atoms with Gasteiger partial charge in [0.2, 0.25) is 0 Å². The molecule has 0 aromatic heterocycles. The minimum atomic E-state index is 0.854. The number of allylic oxidation sites excluding steroid dienone is 6. The smallest absolute Gasteiger partial charge is 0.00161 e. The van der Waals surface area contributed by atoms with Crippen molar-refractivity contribution in [2.45, 2.75) is 38.5 Å². The van der Waals surface area contributed by atoms with Crippen LogP contribution in [0, 0.1) is 5.92 Å². The molecule has 13 heavy (non-hydrogen) atoms. The summed E-state index contributed by atoms with van der Waals surface area (Å²) in [6.45, 7) is 0. The summed E-state index contributed by atoms with van der Waals surface area (Å²) in [5.41, 5.74) is 5.15. The molecule has 0 amide bonds. The molecule has 0 aliphatic heterocycles. The Bertz CT molecular complexity index is 315. The van der Waals surface area contributed by atoms with Crippen molar-refractivity contribution in [2.24, 2.45) is 5.92 Å². The minimum Gasteiger partial charge on any atom is -0.0803 e. The molecule has 0 nitrogen and oxygen atoms in total. The Kier molecular flexibility index (Phi) is 1.68. The van der Waals surface area contributed by atoms with Gasteiger partial charge in [0, 0.05) is 5.92 Å². The van der Waals surface area contributed by atoms with Gasteiger partial charge in [-0.2, -0.15) is 0 Å². The molecule has 0 bridgehead atoms. The van der Waals surface area contributed by atoms with Crippen molar-refractivity contribution in [1.29, 1.82) is 0 Å². The van der Waals surface area contributed by atoms with Crippen LogP contribution in [0.15, 0.2) is 34.9 Å². The first kappa shape index (κ1) is 7.61. The van der Waals surface area contributed by atoms with E-state index in [2.05, 4.69) is 18.2 Å². The summed E-state index contributed by atoms with van der Waals surface area (Å²) in [6.07, 6.45) is 15.3. The van der Waals surface area contributed by atoms with Crippen molar-refractivity contribution in [3.63, 3.8) is 0 Å². The standard InChI is InChI=1S/C13H16/c1-2-6-12-10(4-1)8-9-11-5-3-7-13(11)12/h3,5,8,12H,1-2,4,6-7,9H2. The van der Waals surface area contributed by atoms with Crippen LogP contribution in [-0.2, 0) is 0 Å². The van der Waals surface area contributed by atoms with Gasteiger partial charge >= 0.3 is 0 Å². The van der Waals surface area contributed by atoms with Crippen LogP contribution in [0.5, 0.6) is 0 Å². The predicted octanol–water partition coefficient (Wildman–Crippen LogP) is 3.76. The topological polar surface area (TPSA) is 0 Å². The van der Waals surface area contributed by atoms with Gasteiger partial charge in [0.15, 0.2) is 0 Å². The van der Waals surface area contributed by atoms with Crippen LogP contribution in [-0.4, -0.2) is 0 Å². The van der Waals surface area contributed by atoms with Crippen LogP contribution in [0.2, 0.25) is 0 Å². The largest absolute Gasteiger partial charge is 0.0803 e. The number of rotatable bonds is 0. The summed E-state index contributed by atoms with van der Waals surface area (Å²) in [4.78, 5) is 0. The highest BCUT2D eigenvalue weighted by molar-refractivity contribution is 5.44. The van der Waals surface area contributed by atoms with Crippen molar-refractivity contribution in [3.8, 4) is 0 Å². The van der Waals surface area contributed by atoms with Crippen LogP contribution >= 0.6 is 0 Å². The lowest BCUT2D eigenvalue weighted by Gasteiger charge is -2.31. The SMILES string of the molecule is C1=CC2=C(C1)C1CCCCC1=CC2. The maximum Gasteiger partial charge on any atom is 0.00161 e. The molecule has 3 aliphatic rings. The van der Waals surface area contributed by atoms with E-state index in [1.54, 1.807) is 16.7 Å². The minimum absolute atomic E-state index is 0.854. The Labute approximate surface area is 80.0 Å². The fourth-order valence-corrected chi connectivity index (χ4v) is 3.05. The predicted molar refractivity (Wildman–Crippen MR) is 55.4 cm³/mol. The number of hydrogen-bond acceptors (Lipinski definition) is 0. The van der Waals surface area contributed by atoms with Gasteiger partial charge < -0.3 is 0 Å². The van der Waals surface area contributed by atoms with E-state index in [0.717, 1.165) is 5.92 Å². The third kappa shape index (κ3) is 1.12. The Morgan fingerprint density at radius 2 is 2.15 bits per heavy atom. The van der Waals surface area contributed by atoms with E-state index >= 15 is 0 Å². The Morgan fingerprint density at radius 1 is 1.15 bits per heavy atom. The van der Waals surface area contributed by atoms with Gasteiger partial charge in [-0.3, -0.25) is 0 Å². The molecule has 0 aromatic rings. The third-order valence-electron chi connectivity index (χ3n) is 3.73. The highest BCUT2D eigenvalue weighted by Gasteiger charge is 2.27. The molecule has 1 unspecified atom stereocenters. The van der Waals surface area contributed by atoms with E-state index in [-0.39, 0.29) is 0 Å². The van der Waals surface area contributed by atoms with Gasteiger partial charge in [0.1, 0.15) is 0 Å². The molecule has 1 fully saturated rings. The van der Waals surface area contributed by atoms with Crippen molar-refractivity contribution >= 4 is 0 Å². The van der Waals surface area contributed by atoms with Gasteiger partial charge in [-0.05, 0) is 37.7 Å². The quantitative estimate of drug-likeness (QED) is 0.488. The number of fused-ring (bicyclic) bond motifs is 2. The average molecular weight is 172 g/mol. The summed E-state index contributed by atoms with van der Waals surface area (Å²) < 4.78 is 0. The Hall–Kier alpha value is -0.780. The maximum atomic E-state index is 2.50. The Morgan fingerprint density at radius 3 is 3.15 bits per heavy atom. The maximum absolute atomic E-state index is 2.50. The zero-order chi connectivity index (χ0) is 8.67. The van der Waals surface area contributed by atoms with Crippen LogP contribution in [0.4, 0.5) is 0 Å².